The highest BCUT2D eigenvalue weighted by molar-refractivity contribution is 5.45. The highest BCUT2D eigenvalue weighted by atomic mass is 16.6. The van der Waals surface area contributed by atoms with Crippen molar-refractivity contribution in [2.24, 2.45) is 5.73 Å². The van der Waals surface area contributed by atoms with Crippen LogP contribution in [0.2, 0.25) is 0 Å². The first-order valence-corrected chi connectivity index (χ1v) is 4.67. The molecule has 1 heterocycles. The number of aromatic nitrogens is 1. The second-order valence-corrected chi connectivity index (χ2v) is 3.20. The molecule has 0 fully saturated rings. The fourth-order valence-electron chi connectivity index (χ4n) is 1.17. The molecule has 0 unspecified atom stereocenters. The van der Waals surface area contributed by atoms with Crippen LogP contribution in [-0.2, 0) is 0 Å². The minimum atomic E-state index is -0.510. The van der Waals surface area contributed by atoms with Gasteiger partial charge < -0.3 is 20.7 Å². The van der Waals surface area contributed by atoms with Crippen LogP contribution in [0.3, 0.4) is 0 Å². The molecule has 0 aromatic carbocycles. The van der Waals surface area contributed by atoms with E-state index >= 15 is 0 Å². The van der Waals surface area contributed by atoms with Crippen LogP contribution in [0, 0.1) is 10.1 Å². The van der Waals surface area contributed by atoms with Crippen LogP contribution in [-0.4, -0.2) is 30.0 Å². The third-order valence-electron chi connectivity index (χ3n) is 2.06. The minimum Gasteiger partial charge on any atom is -0.372 e. The number of pyridine rings is 1. The first-order valence-electron chi connectivity index (χ1n) is 4.67. The topological polar surface area (TPSA) is 85.3 Å². The Morgan fingerprint density at radius 2 is 2.33 bits per heavy atom. The van der Waals surface area contributed by atoms with Gasteiger partial charge in [0.25, 0.3) is 0 Å². The standard InChI is InChI=1S/C9H14N4O2/c1-12(6-2-5-10)8-3-4-9(11-7-8)13(14)15/h3-4,7H,2,5-6,10H2,1H3. The number of nitrogens with two attached hydrogens (primary N) is 1. The molecule has 0 atom stereocenters. The second kappa shape index (κ2) is 5.26. The first-order chi connectivity index (χ1) is 7.15. The summed E-state index contributed by atoms with van der Waals surface area (Å²) in [6.45, 7) is 1.45. The number of nitro groups is 1. The third-order valence-corrected chi connectivity index (χ3v) is 2.06. The summed E-state index contributed by atoms with van der Waals surface area (Å²) in [5.74, 6) is -0.133. The Balaban J connectivity index is 2.66. The van der Waals surface area contributed by atoms with Gasteiger partial charge in [0.05, 0.1) is 5.69 Å². The Morgan fingerprint density at radius 1 is 1.60 bits per heavy atom. The fourth-order valence-corrected chi connectivity index (χ4v) is 1.17. The minimum absolute atomic E-state index is 0.133. The van der Waals surface area contributed by atoms with E-state index in [-0.39, 0.29) is 5.82 Å². The monoisotopic (exact) mass is 210 g/mol. The van der Waals surface area contributed by atoms with E-state index in [1.54, 1.807) is 6.07 Å². The molecule has 0 spiro atoms. The van der Waals surface area contributed by atoms with Gasteiger partial charge in [-0.2, -0.15) is 0 Å². The molecule has 0 saturated carbocycles. The molecular weight excluding hydrogens is 196 g/mol. The van der Waals surface area contributed by atoms with Gasteiger partial charge >= 0.3 is 5.82 Å². The van der Waals surface area contributed by atoms with Crippen molar-refractivity contribution in [3.63, 3.8) is 0 Å². The largest absolute Gasteiger partial charge is 0.372 e. The van der Waals surface area contributed by atoms with E-state index in [1.165, 1.54) is 12.3 Å². The molecule has 6 nitrogen and oxygen atoms in total. The molecule has 0 radical (unpaired) electrons. The average molecular weight is 210 g/mol. The van der Waals surface area contributed by atoms with E-state index < -0.39 is 4.92 Å². The molecule has 15 heavy (non-hydrogen) atoms. The van der Waals surface area contributed by atoms with Crippen LogP contribution >= 0.6 is 0 Å². The van der Waals surface area contributed by atoms with Crippen molar-refractivity contribution in [3.8, 4) is 0 Å². The molecule has 0 aliphatic carbocycles. The van der Waals surface area contributed by atoms with E-state index in [0.717, 1.165) is 18.7 Å². The normalized spacial score (nSPS) is 10.0. The van der Waals surface area contributed by atoms with Gasteiger partial charge in [0.15, 0.2) is 6.20 Å². The zero-order chi connectivity index (χ0) is 11.3. The van der Waals surface area contributed by atoms with Crippen LogP contribution in [0.5, 0.6) is 0 Å². The Kier molecular flexibility index (Phi) is 3.99. The van der Waals surface area contributed by atoms with E-state index in [9.17, 15) is 10.1 Å². The Labute approximate surface area is 87.9 Å². The smallest absolute Gasteiger partial charge is 0.363 e. The summed E-state index contributed by atoms with van der Waals surface area (Å²) in [5.41, 5.74) is 6.24. The van der Waals surface area contributed by atoms with Gasteiger partial charge in [-0.05, 0) is 28.9 Å². The molecule has 0 aliphatic rings. The maximum absolute atomic E-state index is 10.4. The predicted octanol–water partition coefficient (Wildman–Crippen LogP) is 0.775. The zero-order valence-electron chi connectivity index (χ0n) is 8.59. The summed E-state index contributed by atoms with van der Waals surface area (Å²) in [7, 11) is 1.90. The molecule has 0 aliphatic heterocycles. The molecule has 2 N–H and O–H groups in total. The first kappa shape index (κ1) is 11.4. The van der Waals surface area contributed by atoms with Gasteiger partial charge in [0.1, 0.15) is 0 Å². The molecule has 6 heteroatoms. The van der Waals surface area contributed by atoms with Crippen molar-refractivity contribution in [3.05, 3.63) is 28.4 Å². The number of nitrogens with zero attached hydrogens (tertiary/aromatic N) is 3. The number of hydrogen-bond acceptors (Lipinski definition) is 5. The van der Waals surface area contributed by atoms with Gasteiger partial charge in [0.2, 0.25) is 0 Å². The molecule has 82 valence electrons. The van der Waals surface area contributed by atoms with Gasteiger partial charge in [0, 0.05) is 19.7 Å². The van der Waals surface area contributed by atoms with E-state index in [2.05, 4.69) is 4.98 Å². The molecule has 1 aromatic rings. The number of rotatable bonds is 5. The van der Waals surface area contributed by atoms with Gasteiger partial charge in [-0.15, -0.1) is 0 Å². The van der Waals surface area contributed by atoms with Crippen LogP contribution in [0.15, 0.2) is 18.3 Å². The SMILES string of the molecule is CN(CCCN)c1ccc([N+](=O)[O-])nc1. The molecule has 0 saturated heterocycles. The maximum atomic E-state index is 10.4. The summed E-state index contributed by atoms with van der Waals surface area (Å²) in [5, 5.41) is 10.4. The molecule has 1 aromatic heterocycles. The Bertz CT molecular complexity index is 325. The quantitative estimate of drug-likeness (QED) is 0.573. The lowest BCUT2D eigenvalue weighted by molar-refractivity contribution is -0.389. The van der Waals surface area contributed by atoms with Crippen molar-refractivity contribution in [2.75, 3.05) is 25.0 Å². The average Bonchev–Trinajstić information content (AvgIpc) is 2.26. The predicted molar refractivity (Wildman–Crippen MR) is 57.8 cm³/mol. The van der Waals surface area contributed by atoms with Gasteiger partial charge in [-0.3, -0.25) is 0 Å². The van der Waals surface area contributed by atoms with Gasteiger partial charge in [-0.1, -0.05) is 0 Å². The second-order valence-electron chi connectivity index (χ2n) is 3.20. The molecule has 0 amide bonds. The van der Waals surface area contributed by atoms with E-state index in [4.69, 9.17) is 5.73 Å². The van der Waals surface area contributed by atoms with Crippen LogP contribution in [0.1, 0.15) is 6.42 Å². The van der Waals surface area contributed by atoms with Crippen LogP contribution in [0.25, 0.3) is 0 Å². The summed E-state index contributed by atoms with van der Waals surface area (Å²) in [4.78, 5) is 15.6. The van der Waals surface area contributed by atoms with Crippen molar-refractivity contribution in [1.82, 2.24) is 4.98 Å². The fraction of sp³-hybridized carbons (Fsp3) is 0.444. The van der Waals surface area contributed by atoms with Crippen LogP contribution in [0.4, 0.5) is 11.5 Å². The van der Waals surface area contributed by atoms with Crippen LogP contribution < -0.4 is 10.6 Å². The lowest BCUT2D eigenvalue weighted by Gasteiger charge is -2.16. The summed E-state index contributed by atoms with van der Waals surface area (Å²) in [6, 6.07) is 3.08. The lowest BCUT2D eigenvalue weighted by atomic mass is 10.3. The third kappa shape index (κ3) is 3.17. The molecule has 1 rings (SSSR count). The van der Waals surface area contributed by atoms with Crippen molar-refractivity contribution in [2.45, 2.75) is 6.42 Å². The van der Waals surface area contributed by atoms with Gasteiger partial charge in [-0.25, -0.2) is 0 Å². The summed E-state index contributed by atoms with van der Waals surface area (Å²) < 4.78 is 0. The summed E-state index contributed by atoms with van der Waals surface area (Å²) >= 11 is 0. The van der Waals surface area contributed by atoms with E-state index in [1.807, 2.05) is 11.9 Å². The van der Waals surface area contributed by atoms with Crippen molar-refractivity contribution in [1.29, 1.82) is 0 Å². The highest BCUT2D eigenvalue weighted by Gasteiger charge is 2.08. The lowest BCUT2D eigenvalue weighted by Crippen LogP contribution is -2.21. The van der Waals surface area contributed by atoms with E-state index in [0.29, 0.717) is 6.54 Å². The Morgan fingerprint density at radius 3 is 2.80 bits per heavy atom. The number of anilines is 1. The zero-order valence-corrected chi connectivity index (χ0v) is 8.59. The molecule has 0 bridgehead atoms. The maximum Gasteiger partial charge on any atom is 0.363 e. The van der Waals surface area contributed by atoms with Crippen molar-refractivity contribution >= 4 is 11.5 Å². The van der Waals surface area contributed by atoms with Crippen molar-refractivity contribution < 1.29 is 4.92 Å². The highest BCUT2D eigenvalue weighted by Crippen LogP contribution is 2.14. The Hall–Kier alpha value is -1.69. The summed E-state index contributed by atoms with van der Waals surface area (Å²) in [6.07, 6.45) is 2.38. The molecular formula is C9H14N4O2. The number of hydrogen-bond donors (Lipinski definition) is 1.